The maximum atomic E-state index is 9.28. The Morgan fingerprint density at radius 1 is 1.35 bits per heavy atom. The lowest BCUT2D eigenvalue weighted by Gasteiger charge is -2.09. The quantitative estimate of drug-likeness (QED) is 0.798. The van der Waals surface area contributed by atoms with Crippen LogP contribution in [-0.2, 0) is 19.4 Å². The van der Waals surface area contributed by atoms with Crippen LogP contribution in [0.4, 0.5) is 0 Å². The van der Waals surface area contributed by atoms with Crippen molar-refractivity contribution in [1.82, 2.24) is 15.0 Å². The first-order chi connectivity index (χ1) is 8.35. The molecule has 0 spiro atoms. The summed E-state index contributed by atoms with van der Waals surface area (Å²) in [5, 5.41) is 17.8. The lowest BCUT2D eigenvalue weighted by molar-refractivity contribution is 0.262. The van der Waals surface area contributed by atoms with Gasteiger partial charge in [-0.3, -0.25) is 0 Å². The molecule has 0 aliphatic heterocycles. The molecule has 1 aromatic heterocycles. The Balaban J connectivity index is 1.79. The molecule has 2 aliphatic rings. The van der Waals surface area contributed by atoms with Crippen molar-refractivity contribution in [2.75, 3.05) is 6.61 Å². The van der Waals surface area contributed by atoms with Gasteiger partial charge in [0.05, 0.1) is 17.9 Å². The van der Waals surface area contributed by atoms with Crippen LogP contribution in [0.2, 0.25) is 0 Å². The molecule has 3 rings (SSSR count). The van der Waals surface area contributed by atoms with Crippen LogP contribution in [0, 0.1) is 17.8 Å². The van der Waals surface area contributed by atoms with Gasteiger partial charge in [0, 0.05) is 6.61 Å². The molecule has 0 unspecified atom stereocenters. The van der Waals surface area contributed by atoms with Crippen molar-refractivity contribution in [3.63, 3.8) is 0 Å². The standard InChI is InChI=1S/C13H19N3O/c1-2-7-16-13-6-4-10-9(11(10)8-17)3-5-12(13)14-15-16/h2,9-11,17H,1,3-8H2/t9-,10+,11-/m1/s1. The molecule has 2 aliphatic carbocycles. The van der Waals surface area contributed by atoms with Gasteiger partial charge in [-0.25, -0.2) is 4.68 Å². The molecular weight excluding hydrogens is 214 g/mol. The SMILES string of the molecule is C=CCn1nnc2c1CC[C@@H]1[C@H](CO)[C@@H]1CC2. The van der Waals surface area contributed by atoms with E-state index in [1.54, 1.807) is 0 Å². The third kappa shape index (κ3) is 1.80. The highest BCUT2D eigenvalue weighted by Gasteiger charge is 2.49. The summed E-state index contributed by atoms with van der Waals surface area (Å²) in [5.74, 6) is 2.03. The van der Waals surface area contributed by atoms with Gasteiger partial charge in [0.15, 0.2) is 0 Å². The van der Waals surface area contributed by atoms with E-state index < -0.39 is 0 Å². The highest BCUT2D eigenvalue weighted by atomic mass is 16.3. The Kier molecular flexibility index (Phi) is 2.74. The second-order valence-corrected chi connectivity index (χ2v) is 5.21. The zero-order valence-electron chi connectivity index (χ0n) is 10.0. The monoisotopic (exact) mass is 233 g/mol. The van der Waals surface area contributed by atoms with Crippen LogP contribution >= 0.6 is 0 Å². The number of aromatic nitrogens is 3. The number of rotatable bonds is 3. The molecule has 0 radical (unpaired) electrons. The van der Waals surface area contributed by atoms with Gasteiger partial charge in [-0.2, -0.15) is 0 Å². The van der Waals surface area contributed by atoms with Gasteiger partial charge in [0.2, 0.25) is 0 Å². The molecule has 3 atom stereocenters. The fourth-order valence-electron chi connectivity index (χ4n) is 3.36. The molecule has 92 valence electrons. The number of aryl methyl sites for hydroxylation is 1. The normalized spacial score (nSPS) is 31.0. The molecule has 0 bridgehead atoms. The van der Waals surface area contributed by atoms with E-state index >= 15 is 0 Å². The second kappa shape index (κ2) is 4.26. The minimum absolute atomic E-state index is 0.359. The molecule has 1 saturated carbocycles. The summed E-state index contributed by atoms with van der Waals surface area (Å²) < 4.78 is 1.97. The number of aliphatic hydroxyl groups is 1. The average molecular weight is 233 g/mol. The molecule has 1 aromatic rings. The zero-order valence-corrected chi connectivity index (χ0v) is 10.0. The van der Waals surface area contributed by atoms with E-state index in [1.165, 1.54) is 12.1 Å². The van der Waals surface area contributed by atoms with Crippen molar-refractivity contribution in [1.29, 1.82) is 0 Å². The second-order valence-electron chi connectivity index (χ2n) is 5.21. The Hall–Kier alpha value is -1.16. The topological polar surface area (TPSA) is 50.9 Å². The van der Waals surface area contributed by atoms with E-state index in [1.807, 2.05) is 10.8 Å². The van der Waals surface area contributed by atoms with E-state index in [-0.39, 0.29) is 0 Å². The van der Waals surface area contributed by atoms with Crippen molar-refractivity contribution in [3.05, 3.63) is 24.0 Å². The predicted molar refractivity (Wildman–Crippen MR) is 64.4 cm³/mol. The summed E-state index contributed by atoms with van der Waals surface area (Å²) in [6.07, 6.45) is 6.27. The first-order valence-electron chi connectivity index (χ1n) is 6.48. The summed E-state index contributed by atoms with van der Waals surface area (Å²) in [6.45, 7) is 4.86. The Bertz CT molecular complexity index is 426. The lowest BCUT2D eigenvalue weighted by atomic mass is 10.0. The van der Waals surface area contributed by atoms with Gasteiger partial charge in [0.1, 0.15) is 0 Å². The van der Waals surface area contributed by atoms with Crippen LogP contribution in [0.1, 0.15) is 24.2 Å². The molecule has 1 fully saturated rings. The van der Waals surface area contributed by atoms with Gasteiger partial charge < -0.3 is 5.11 Å². The van der Waals surface area contributed by atoms with E-state index in [2.05, 4.69) is 16.9 Å². The van der Waals surface area contributed by atoms with Gasteiger partial charge in [0.25, 0.3) is 0 Å². The number of allylic oxidation sites excluding steroid dienone is 1. The maximum Gasteiger partial charge on any atom is 0.0859 e. The third-order valence-corrected chi connectivity index (χ3v) is 4.37. The lowest BCUT2D eigenvalue weighted by Crippen LogP contribution is -2.07. The van der Waals surface area contributed by atoms with Gasteiger partial charge in [-0.1, -0.05) is 11.3 Å². The molecular formula is C13H19N3O. The van der Waals surface area contributed by atoms with Crippen LogP contribution in [0.5, 0.6) is 0 Å². The van der Waals surface area contributed by atoms with E-state index in [0.717, 1.165) is 43.3 Å². The summed E-state index contributed by atoms with van der Waals surface area (Å²) >= 11 is 0. The van der Waals surface area contributed by atoms with E-state index in [9.17, 15) is 5.11 Å². The number of hydrogen-bond acceptors (Lipinski definition) is 3. The van der Waals surface area contributed by atoms with Crippen LogP contribution in [0.15, 0.2) is 12.7 Å². The number of aliphatic hydroxyl groups excluding tert-OH is 1. The largest absolute Gasteiger partial charge is 0.396 e. The van der Waals surface area contributed by atoms with Crippen molar-refractivity contribution < 1.29 is 5.11 Å². The van der Waals surface area contributed by atoms with Crippen LogP contribution in [0.25, 0.3) is 0 Å². The van der Waals surface area contributed by atoms with Crippen molar-refractivity contribution >= 4 is 0 Å². The van der Waals surface area contributed by atoms with Crippen LogP contribution in [0.3, 0.4) is 0 Å². The average Bonchev–Trinajstić information content (AvgIpc) is 2.85. The fraction of sp³-hybridized carbons (Fsp3) is 0.692. The molecule has 4 nitrogen and oxygen atoms in total. The Morgan fingerprint density at radius 2 is 2.12 bits per heavy atom. The number of hydrogen-bond donors (Lipinski definition) is 1. The number of nitrogens with zero attached hydrogens (tertiary/aromatic N) is 3. The highest BCUT2D eigenvalue weighted by molar-refractivity contribution is 5.15. The predicted octanol–water partition coefficient (Wildman–Crippen LogP) is 1.20. The summed E-state index contributed by atoms with van der Waals surface area (Å²) in [7, 11) is 0. The molecule has 4 heteroatoms. The van der Waals surface area contributed by atoms with Gasteiger partial charge >= 0.3 is 0 Å². The van der Waals surface area contributed by atoms with Gasteiger partial charge in [-0.05, 0) is 43.4 Å². The van der Waals surface area contributed by atoms with E-state index in [0.29, 0.717) is 12.5 Å². The summed E-state index contributed by atoms with van der Waals surface area (Å²) in [6, 6.07) is 0. The molecule has 17 heavy (non-hydrogen) atoms. The van der Waals surface area contributed by atoms with E-state index in [4.69, 9.17) is 0 Å². The smallest absolute Gasteiger partial charge is 0.0859 e. The van der Waals surface area contributed by atoms with Crippen LogP contribution < -0.4 is 0 Å². The maximum absolute atomic E-state index is 9.28. The summed E-state index contributed by atoms with van der Waals surface area (Å²) in [4.78, 5) is 0. The highest BCUT2D eigenvalue weighted by Crippen LogP contribution is 2.52. The molecule has 1 heterocycles. The summed E-state index contributed by atoms with van der Waals surface area (Å²) in [5.41, 5.74) is 2.45. The molecule has 0 aromatic carbocycles. The first-order valence-corrected chi connectivity index (χ1v) is 6.48. The number of fused-ring (bicyclic) bond motifs is 2. The molecule has 0 amide bonds. The van der Waals surface area contributed by atoms with Gasteiger partial charge in [-0.15, -0.1) is 11.7 Å². The molecule has 1 N–H and O–H groups in total. The minimum Gasteiger partial charge on any atom is -0.396 e. The Morgan fingerprint density at radius 3 is 2.82 bits per heavy atom. The van der Waals surface area contributed by atoms with Crippen molar-refractivity contribution in [2.45, 2.75) is 32.2 Å². The van der Waals surface area contributed by atoms with Crippen molar-refractivity contribution in [3.8, 4) is 0 Å². The molecule has 0 saturated heterocycles. The first kappa shape index (κ1) is 11.0. The van der Waals surface area contributed by atoms with Crippen molar-refractivity contribution in [2.24, 2.45) is 17.8 Å². The zero-order chi connectivity index (χ0) is 11.8. The van der Waals surface area contributed by atoms with Crippen LogP contribution in [-0.4, -0.2) is 26.7 Å². The Labute approximate surface area is 101 Å². The minimum atomic E-state index is 0.359. The third-order valence-electron chi connectivity index (χ3n) is 4.37. The fourth-order valence-corrected chi connectivity index (χ4v) is 3.36.